The Morgan fingerprint density at radius 1 is 1.28 bits per heavy atom. The quantitative estimate of drug-likeness (QED) is 0.800. The molecule has 3 heteroatoms. The van der Waals surface area contributed by atoms with Crippen LogP contribution in [0.3, 0.4) is 0 Å². The van der Waals surface area contributed by atoms with E-state index in [1.165, 1.54) is 38.5 Å². The minimum atomic E-state index is 0.397. The summed E-state index contributed by atoms with van der Waals surface area (Å²) in [5, 5.41) is 3.29. The number of rotatable bonds is 5. The third kappa shape index (κ3) is 4.21. The van der Waals surface area contributed by atoms with Gasteiger partial charge in [0.1, 0.15) is 11.6 Å². The summed E-state index contributed by atoms with van der Waals surface area (Å²) in [6.45, 7) is 3.11. The first kappa shape index (κ1) is 13.2. The van der Waals surface area contributed by atoms with E-state index in [0.717, 1.165) is 24.5 Å². The van der Waals surface area contributed by atoms with Gasteiger partial charge < -0.3 is 10.1 Å². The van der Waals surface area contributed by atoms with Crippen LogP contribution in [-0.4, -0.2) is 17.6 Å². The molecule has 0 bridgehead atoms. The van der Waals surface area contributed by atoms with Crippen molar-refractivity contribution in [3.8, 4) is 5.75 Å². The van der Waals surface area contributed by atoms with Crippen LogP contribution in [0.15, 0.2) is 18.3 Å². The second kappa shape index (κ2) is 7.24. The molecule has 0 radical (unpaired) electrons. The third-order valence-corrected chi connectivity index (χ3v) is 3.39. The summed E-state index contributed by atoms with van der Waals surface area (Å²) in [5.41, 5.74) is 0. The van der Waals surface area contributed by atoms with Gasteiger partial charge in [0, 0.05) is 18.8 Å². The van der Waals surface area contributed by atoms with Crippen LogP contribution < -0.4 is 10.1 Å². The lowest BCUT2D eigenvalue weighted by molar-refractivity contribution is 0.183. The van der Waals surface area contributed by atoms with E-state index >= 15 is 0 Å². The summed E-state index contributed by atoms with van der Waals surface area (Å²) < 4.78 is 6.08. The van der Waals surface area contributed by atoms with Gasteiger partial charge in [-0.2, -0.15) is 0 Å². The highest BCUT2D eigenvalue weighted by Gasteiger charge is 2.13. The van der Waals surface area contributed by atoms with Crippen LogP contribution in [-0.2, 0) is 0 Å². The zero-order valence-corrected chi connectivity index (χ0v) is 11.3. The van der Waals surface area contributed by atoms with Gasteiger partial charge in [-0.1, -0.05) is 19.8 Å². The molecule has 1 heterocycles. The fourth-order valence-corrected chi connectivity index (χ4v) is 2.39. The number of nitrogens with one attached hydrogen (secondary N) is 1. The minimum absolute atomic E-state index is 0.397. The third-order valence-electron chi connectivity index (χ3n) is 3.39. The summed E-state index contributed by atoms with van der Waals surface area (Å²) in [6, 6.07) is 3.97. The zero-order valence-electron chi connectivity index (χ0n) is 11.3. The predicted octanol–water partition coefficient (Wildman–Crippen LogP) is 4.01. The molecule has 1 aliphatic carbocycles. The van der Waals surface area contributed by atoms with Gasteiger partial charge >= 0.3 is 0 Å². The van der Waals surface area contributed by atoms with E-state index in [1.54, 1.807) is 0 Å². The summed E-state index contributed by atoms with van der Waals surface area (Å²) >= 11 is 0. The second-order valence-electron chi connectivity index (χ2n) is 5.03. The van der Waals surface area contributed by atoms with Crippen molar-refractivity contribution in [2.24, 2.45) is 0 Å². The van der Waals surface area contributed by atoms with Crippen molar-refractivity contribution in [3.63, 3.8) is 0 Å². The van der Waals surface area contributed by atoms with Crippen LogP contribution in [0.25, 0.3) is 0 Å². The van der Waals surface area contributed by atoms with Gasteiger partial charge in [0.2, 0.25) is 0 Å². The number of aromatic nitrogens is 1. The minimum Gasteiger partial charge on any atom is -0.490 e. The normalized spacial score (nSPS) is 17.2. The Hall–Kier alpha value is -1.25. The van der Waals surface area contributed by atoms with Gasteiger partial charge in [0.25, 0.3) is 0 Å². The van der Waals surface area contributed by atoms with Crippen molar-refractivity contribution in [3.05, 3.63) is 18.3 Å². The maximum absolute atomic E-state index is 6.08. The fourth-order valence-electron chi connectivity index (χ4n) is 2.39. The van der Waals surface area contributed by atoms with Crippen LogP contribution in [0.2, 0.25) is 0 Å². The molecule has 0 aliphatic heterocycles. The highest BCUT2D eigenvalue weighted by Crippen LogP contribution is 2.23. The Morgan fingerprint density at radius 3 is 2.78 bits per heavy atom. The van der Waals surface area contributed by atoms with Crippen molar-refractivity contribution >= 4 is 5.82 Å². The highest BCUT2D eigenvalue weighted by molar-refractivity contribution is 5.40. The smallest absolute Gasteiger partial charge is 0.129 e. The van der Waals surface area contributed by atoms with Crippen LogP contribution in [0, 0.1) is 0 Å². The van der Waals surface area contributed by atoms with Crippen molar-refractivity contribution in [1.82, 2.24) is 4.98 Å². The van der Waals surface area contributed by atoms with Crippen molar-refractivity contribution in [2.75, 3.05) is 11.9 Å². The fraction of sp³-hybridized carbons (Fsp3) is 0.667. The zero-order chi connectivity index (χ0) is 12.6. The van der Waals surface area contributed by atoms with Gasteiger partial charge in [-0.25, -0.2) is 4.98 Å². The SMILES string of the molecule is CCCNc1cc(OC2CCCCCC2)ccn1. The largest absolute Gasteiger partial charge is 0.490 e. The van der Waals surface area contributed by atoms with Gasteiger partial charge in [0.15, 0.2) is 0 Å². The first-order chi connectivity index (χ1) is 8.88. The maximum atomic E-state index is 6.08. The molecule has 0 unspecified atom stereocenters. The van der Waals surface area contributed by atoms with Gasteiger partial charge in [-0.15, -0.1) is 0 Å². The molecule has 2 rings (SSSR count). The Morgan fingerprint density at radius 2 is 2.06 bits per heavy atom. The summed E-state index contributed by atoms with van der Waals surface area (Å²) in [4.78, 5) is 4.30. The molecule has 18 heavy (non-hydrogen) atoms. The van der Waals surface area contributed by atoms with Crippen molar-refractivity contribution in [1.29, 1.82) is 0 Å². The molecule has 1 N–H and O–H groups in total. The number of hydrogen-bond acceptors (Lipinski definition) is 3. The predicted molar refractivity (Wildman–Crippen MR) is 75.1 cm³/mol. The molecule has 0 amide bonds. The van der Waals surface area contributed by atoms with Gasteiger partial charge in [0.05, 0.1) is 6.10 Å². The van der Waals surface area contributed by atoms with Gasteiger partial charge in [-0.05, 0) is 38.2 Å². The molecule has 1 aromatic heterocycles. The monoisotopic (exact) mass is 248 g/mol. The number of ether oxygens (including phenoxy) is 1. The molecule has 3 nitrogen and oxygen atoms in total. The Labute approximate surface area is 110 Å². The van der Waals surface area contributed by atoms with E-state index in [-0.39, 0.29) is 0 Å². The topological polar surface area (TPSA) is 34.1 Å². The number of hydrogen-bond donors (Lipinski definition) is 1. The van der Waals surface area contributed by atoms with E-state index in [4.69, 9.17) is 4.74 Å². The summed E-state index contributed by atoms with van der Waals surface area (Å²) in [7, 11) is 0. The summed E-state index contributed by atoms with van der Waals surface area (Å²) in [5.74, 6) is 1.87. The molecule has 1 aromatic rings. The summed E-state index contributed by atoms with van der Waals surface area (Å²) in [6.07, 6.45) is 11.0. The average molecular weight is 248 g/mol. The first-order valence-electron chi connectivity index (χ1n) is 7.25. The number of nitrogens with zero attached hydrogens (tertiary/aromatic N) is 1. The molecular formula is C15H24N2O. The van der Waals surface area contributed by atoms with Crippen LogP contribution in [0.1, 0.15) is 51.9 Å². The molecule has 1 fully saturated rings. The standard InChI is InChI=1S/C15H24N2O/c1-2-10-16-15-12-14(9-11-17-15)18-13-7-5-3-4-6-8-13/h9,11-13H,2-8,10H2,1H3,(H,16,17). The lowest BCUT2D eigenvalue weighted by atomic mass is 10.1. The average Bonchev–Trinajstić information content (AvgIpc) is 2.65. The maximum Gasteiger partial charge on any atom is 0.129 e. The molecule has 0 saturated heterocycles. The van der Waals surface area contributed by atoms with E-state index in [0.29, 0.717) is 6.10 Å². The lowest BCUT2D eigenvalue weighted by Gasteiger charge is -2.17. The number of anilines is 1. The Kier molecular flexibility index (Phi) is 5.31. The van der Waals surface area contributed by atoms with E-state index < -0.39 is 0 Å². The molecule has 1 saturated carbocycles. The number of pyridine rings is 1. The molecule has 1 aliphatic rings. The molecule has 100 valence electrons. The van der Waals surface area contributed by atoms with Crippen LogP contribution in [0.4, 0.5) is 5.82 Å². The molecular weight excluding hydrogens is 224 g/mol. The lowest BCUT2D eigenvalue weighted by Crippen LogP contribution is -2.15. The van der Waals surface area contributed by atoms with E-state index in [1.807, 2.05) is 18.3 Å². The van der Waals surface area contributed by atoms with E-state index in [2.05, 4.69) is 17.2 Å². The van der Waals surface area contributed by atoms with Crippen molar-refractivity contribution in [2.45, 2.75) is 58.0 Å². The van der Waals surface area contributed by atoms with Gasteiger partial charge in [-0.3, -0.25) is 0 Å². The molecule has 0 spiro atoms. The first-order valence-corrected chi connectivity index (χ1v) is 7.25. The van der Waals surface area contributed by atoms with Crippen molar-refractivity contribution < 1.29 is 4.74 Å². The van der Waals surface area contributed by atoms with Crippen LogP contribution >= 0.6 is 0 Å². The molecule has 0 atom stereocenters. The van der Waals surface area contributed by atoms with E-state index in [9.17, 15) is 0 Å². The second-order valence-corrected chi connectivity index (χ2v) is 5.03. The highest BCUT2D eigenvalue weighted by atomic mass is 16.5. The Balaban J connectivity index is 1.91. The Bertz CT molecular complexity index is 346. The van der Waals surface area contributed by atoms with Crippen LogP contribution in [0.5, 0.6) is 5.75 Å². The molecule has 0 aromatic carbocycles.